The molecule has 1 saturated heterocycles. The minimum atomic E-state index is 0.0924. The highest BCUT2D eigenvalue weighted by Crippen LogP contribution is 2.19. The molecule has 2 aromatic rings. The van der Waals surface area contributed by atoms with E-state index < -0.39 is 0 Å². The summed E-state index contributed by atoms with van der Waals surface area (Å²) in [6.07, 6.45) is 0. The first-order valence-corrected chi connectivity index (χ1v) is 8.28. The minimum Gasteiger partial charge on any atom is -0.378 e. The number of benzene rings is 1. The molecular weight excluding hydrogens is 282 g/mol. The first kappa shape index (κ1) is 15.7. The number of hydrogen-bond donors (Lipinski definition) is 0. The van der Waals surface area contributed by atoms with Gasteiger partial charge in [0.2, 0.25) is 0 Å². The van der Waals surface area contributed by atoms with Gasteiger partial charge >= 0.3 is 0 Å². The first-order chi connectivity index (χ1) is 10.3. The highest BCUT2D eigenvalue weighted by molar-refractivity contribution is 7.08. The standard InChI is InChI=1S/C15H15NO2S.C2H6/c17-15(13-5-10-19-11-13)12-1-3-14(4-2-12)16-6-8-18-9-7-16;1-2/h1-5,10-11H,6-9H2;1-2H3. The summed E-state index contributed by atoms with van der Waals surface area (Å²) in [5.41, 5.74) is 2.67. The summed E-state index contributed by atoms with van der Waals surface area (Å²) in [5, 5.41) is 3.81. The summed E-state index contributed by atoms with van der Waals surface area (Å²) in [5.74, 6) is 0.0924. The number of morpholine rings is 1. The van der Waals surface area contributed by atoms with Gasteiger partial charge in [-0.1, -0.05) is 13.8 Å². The van der Waals surface area contributed by atoms with Gasteiger partial charge in [-0.15, -0.1) is 0 Å². The van der Waals surface area contributed by atoms with Gasteiger partial charge in [0.05, 0.1) is 13.2 Å². The predicted octanol–water partition coefficient (Wildman–Crippen LogP) is 3.84. The third kappa shape index (κ3) is 3.93. The lowest BCUT2D eigenvalue weighted by Gasteiger charge is -2.28. The Hall–Kier alpha value is -1.65. The fourth-order valence-electron chi connectivity index (χ4n) is 2.21. The van der Waals surface area contributed by atoms with E-state index in [1.807, 2.05) is 54.9 Å². The van der Waals surface area contributed by atoms with Crippen molar-refractivity contribution in [2.75, 3.05) is 31.2 Å². The van der Waals surface area contributed by atoms with Crippen LogP contribution in [0.15, 0.2) is 41.1 Å². The van der Waals surface area contributed by atoms with Crippen LogP contribution in [0.4, 0.5) is 5.69 Å². The molecule has 1 aliphatic rings. The van der Waals surface area contributed by atoms with E-state index in [2.05, 4.69) is 4.90 Å². The molecule has 1 aliphatic heterocycles. The molecule has 3 rings (SSSR count). The molecule has 1 aromatic carbocycles. The minimum absolute atomic E-state index is 0.0924. The van der Waals surface area contributed by atoms with Crippen molar-refractivity contribution in [3.8, 4) is 0 Å². The molecule has 0 radical (unpaired) electrons. The summed E-state index contributed by atoms with van der Waals surface area (Å²) in [6, 6.07) is 9.72. The largest absolute Gasteiger partial charge is 0.378 e. The number of rotatable bonds is 3. The quantitative estimate of drug-likeness (QED) is 0.807. The zero-order chi connectivity index (χ0) is 15.1. The highest BCUT2D eigenvalue weighted by Gasteiger charge is 2.13. The molecular formula is C17H21NO2S. The number of ketones is 1. The van der Waals surface area contributed by atoms with Crippen molar-refractivity contribution >= 4 is 22.8 Å². The average Bonchev–Trinajstić information content (AvgIpc) is 3.11. The van der Waals surface area contributed by atoms with Crippen molar-refractivity contribution in [3.63, 3.8) is 0 Å². The molecule has 3 nitrogen and oxygen atoms in total. The Morgan fingerprint density at radius 3 is 2.29 bits per heavy atom. The third-order valence-electron chi connectivity index (χ3n) is 3.29. The van der Waals surface area contributed by atoms with Crippen molar-refractivity contribution in [1.29, 1.82) is 0 Å². The summed E-state index contributed by atoms with van der Waals surface area (Å²) >= 11 is 1.55. The molecule has 0 spiro atoms. The number of carbonyl (C=O) groups excluding carboxylic acids is 1. The van der Waals surface area contributed by atoms with Crippen molar-refractivity contribution in [2.24, 2.45) is 0 Å². The molecule has 21 heavy (non-hydrogen) atoms. The van der Waals surface area contributed by atoms with Gasteiger partial charge in [0.25, 0.3) is 0 Å². The van der Waals surface area contributed by atoms with Crippen LogP contribution in [-0.4, -0.2) is 32.1 Å². The summed E-state index contributed by atoms with van der Waals surface area (Å²) in [7, 11) is 0. The lowest BCUT2D eigenvalue weighted by molar-refractivity contribution is 0.103. The molecule has 2 heterocycles. The maximum absolute atomic E-state index is 12.2. The van der Waals surface area contributed by atoms with Gasteiger partial charge in [-0.25, -0.2) is 0 Å². The molecule has 1 fully saturated rings. The molecule has 0 saturated carbocycles. The van der Waals surface area contributed by atoms with Crippen molar-refractivity contribution in [3.05, 3.63) is 52.2 Å². The Morgan fingerprint density at radius 2 is 1.71 bits per heavy atom. The van der Waals surface area contributed by atoms with E-state index in [0.717, 1.165) is 43.1 Å². The average molecular weight is 303 g/mol. The molecule has 112 valence electrons. The van der Waals surface area contributed by atoms with Gasteiger partial charge in [-0.3, -0.25) is 4.79 Å². The summed E-state index contributed by atoms with van der Waals surface area (Å²) in [6.45, 7) is 7.38. The van der Waals surface area contributed by atoms with E-state index in [-0.39, 0.29) is 5.78 Å². The SMILES string of the molecule is CC.O=C(c1ccc(N2CCOCC2)cc1)c1ccsc1. The summed E-state index contributed by atoms with van der Waals surface area (Å²) in [4.78, 5) is 14.4. The van der Waals surface area contributed by atoms with Crippen molar-refractivity contribution in [1.82, 2.24) is 0 Å². The number of thiophene rings is 1. The van der Waals surface area contributed by atoms with E-state index >= 15 is 0 Å². The Morgan fingerprint density at radius 1 is 1.05 bits per heavy atom. The highest BCUT2D eigenvalue weighted by atomic mass is 32.1. The van der Waals surface area contributed by atoms with Gasteiger partial charge in [0.15, 0.2) is 5.78 Å². The van der Waals surface area contributed by atoms with Crippen molar-refractivity contribution in [2.45, 2.75) is 13.8 Å². The zero-order valence-corrected chi connectivity index (χ0v) is 13.4. The molecule has 4 heteroatoms. The van der Waals surface area contributed by atoms with Crippen LogP contribution in [0.5, 0.6) is 0 Å². The Bertz CT molecular complexity index is 543. The van der Waals surface area contributed by atoms with Crippen LogP contribution in [0.25, 0.3) is 0 Å². The van der Waals surface area contributed by atoms with Crippen LogP contribution in [0.3, 0.4) is 0 Å². The molecule has 0 atom stereocenters. The van der Waals surface area contributed by atoms with Gasteiger partial charge in [-0.05, 0) is 35.7 Å². The maximum Gasteiger partial charge on any atom is 0.193 e. The smallest absolute Gasteiger partial charge is 0.193 e. The van der Waals surface area contributed by atoms with Crippen LogP contribution in [0, 0.1) is 0 Å². The number of anilines is 1. The molecule has 0 aliphatic carbocycles. The normalized spacial score (nSPS) is 14.3. The van der Waals surface area contributed by atoms with E-state index in [9.17, 15) is 4.79 Å². The fraction of sp³-hybridized carbons (Fsp3) is 0.353. The zero-order valence-electron chi connectivity index (χ0n) is 12.5. The van der Waals surface area contributed by atoms with Gasteiger partial charge in [0.1, 0.15) is 0 Å². The lowest BCUT2D eigenvalue weighted by Crippen LogP contribution is -2.36. The molecule has 0 N–H and O–H groups in total. The molecule has 0 unspecified atom stereocenters. The van der Waals surface area contributed by atoms with Crippen LogP contribution >= 0.6 is 11.3 Å². The monoisotopic (exact) mass is 303 g/mol. The number of carbonyl (C=O) groups is 1. The van der Waals surface area contributed by atoms with Gasteiger partial charge < -0.3 is 9.64 Å². The van der Waals surface area contributed by atoms with E-state index in [1.165, 1.54) is 0 Å². The molecule has 1 aromatic heterocycles. The number of hydrogen-bond acceptors (Lipinski definition) is 4. The Kier molecular flexibility index (Phi) is 5.96. The van der Waals surface area contributed by atoms with Crippen LogP contribution in [-0.2, 0) is 4.74 Å². The predicted molar refractivity (Wildman–Crippen MR) is 88.6 cm³/mol. The second-order valence-corrected chi connectivity index (χ2v) is 5.27. The van der Waals surface area contributed by atoms with E-state index in [1.54, 1.807) is 11.3 Å². The van der Waals surface area contributed by atoms with Crippen LogP contribution in [0.2, 0.25) is 0 Å². The van der Waals surface area contributed by atoms with Gasteiger partial charge in [-0.2, -0.15) is 11.3 Å². The number of nitrogens with zero attached hydrogens (tertiary/aromatic N) is 1. The fourth-order valence-corrected chi connectivity index (χ4v) is 2.84. The van der Waals surface area contributed by atoms with Gasteiger partial charge in [0, 0.05) is 35.3 Å². The second kappa shape index (κ2) is 7.96. The third-order valence-corrected chi connectivity index (χ3v) is 3.97. The topological polar surface area (TPSA) is 29.5 Å². The Labute approximate surface area is 130 Å². The number of ether oxygens (including phenoxy) is 1. The molecule has 0 bridgehead atoms. The van der Waals surface area contributed by atoms with Crippen LogP contribution < -0.4 is 4.90 Å². The van der Waals surface area contributed by atoms with E-state index in [0.29, 0.717) is 0 Å². The lowest BCUT2D eigenvalue weighted by atomic mass is 10.1. The van der Waals surface area contributed by atoms with Crippen molar-refractivity contribution < 1.29 is 9.53 Å². The second-order valence-electron chi connectivity index (χ2n) is 4.49. The van der Waals surface area contributed by atoms with E-state index in [4.69, 9.17) is 4.74 Å². The first-order valence-electron chi connectivity index (χ1n) is 7.34. The maximum atomic E-state index is 12.2. The van der Waals surface area contributed by atoms with Crippen LogP contribution in [0.1, 0.15) is 29.8 Å². The molecule has 0 amide bonds. The Balaban J connectivity index is 0.000000774. The summed E-state index contributed by atoms with van der Waals surface area (Å²) < 4.78 is 5.34.